The third-order valence-corrected chi connectivity index (χ3v) is 3.27. The van der Waals surface area contributed by atoms with Gasteiger partial charge in [0.2, 0.25) is 0 Å². The average molecular weight is 259 g/mol. The molecule has 5 heteroatoms. The van der Waals surface area contributed by atoms with Crippen molar-refractivity contribution >= 4 is 11.8 Å². The van der Waals surface area contributed by atoms with Gasteiger partial charge in [-0.1, -0.05) is 0 Å². The van der Waals surface area contributed by atoms with Gasteiger partial charge in [0.15, 0.2) is 11.5 Å². The normalized spacial score (nSPS) is 10.4. The standard InChI is InChI=1S/C12H18FNO2S/c1-15-10-8(5-4-6-14)7-9(13)12(17-3)11(10)16-2/h7H,4-6,14H2,1-3H3. The number of hydrogen-bond acceptors (Lipinski definition) is 4. The molecule has 0 aromatic heterocycles. The van der Waals surface area contributed by atoms with Gasteiger partial charge in [-0.2, -0.15) is 0 Å². The fourth-order valence-corrected chi connectivity index (χ4v) is 2.33. The lowest BCUT2D eigenvalue weighted by Gasteiger charge is -2.16. The molecule has 17 heavy (non-hydrogen) atoms. The first-order valence-corrected chi connectivity index (χ1v) is 6.59. The molecule has 0 bridgehead atoms. The molecular weight excluding hydrogens is 241 g/mol. The first-order chi connectivity index (χ1) is 8.19. The highest BCUT2D eigenvalue weighted by Gasteiger charge is 2.19. The van der Waals surface area contributed by atoms with Crippen molar-refractivity contribution in [3.05, 3.63) is 17.4 Å². The molecule has 0 heterocycles. The van der Waals surface area contributed by atoms with E-state index in [2.05, 4.69) is 0 Å². The van der Waals surface area contributed by atoms with Crippen molar-refractivity contribution in [3.8, 4) is 11.5 Å². The summed E-state index contributed by atoms with van der Waals surface area (Å²) in [7, 11) is 3.08. The summed E-state index contributed by atoms with van der Waals surface area (Å²) >= 11 is 1.30. The molecule has 0 aliphatic heterocycles. The van der Waals surface area contributed by atoms with Crippen LogP contribution in [0.3, 0.4) is 0 Å². The van der Waals surface area contributed by atoms with Gasteiger partial charge in [-0.15, -0.1) is 11.8 Å². The largest absolute Gasteiger partial charge is 0.493 e. The summed E-state index contributed by atoms with van der Waals surface area (Å²) in [6.45, 7) is 0.567. The van der Waals surface area contributed by atoms with Crippen LogP contribution in [0, 0.1) is 5.82 Å². The molecule has 0 atom stereocenters. The third-order valence-electron chi connectivity index (χ3n) is 2.48. The SMILES string of the molecule is COc1c(CCCN)cc(F)c(SC)c1OC. The summed E-state index contributed by atoms with van der Waals surface area (Å²) in [5, 5.41) is 0. The van der Waals surface area contributed by atoms with E-state index in [1.807, 2.05) is 0 Å². The Balaban J connectivity index is 3.26. The minimum Gasteiger partial charge on any atom is -0.493 e. The van der Waals surface area contributed by atoms with E-state index in [4.69, 9.17) is 15.2 Å². The predicted octanol–water partition coefficient (Wildman–Crippen LogP) is 2.46. The Morgan fingerprint density at radius 2 is 1.94 bits per heavy atom. The molecule has 0 aliphatic rings. The van der Waals surface area contributed by atoms with Crippen molar-refractivity contribution in [1.82, 2.24) is 0 Å². The summed E-state index contributed by atoms with van der Waals surface area (Å²) in [5.74, 6) is 0.792. The zero-order chi connectivity index (χ0) is 12.8. The second-order valence-electron chi connectivity index (χ2n) is 3.51. The quantitative estimate of drug-likeness (QED) is 0.797. The molecule has 0 fully saturated rings. The van der Waals surface area contributed by atoms with Crippen LogP contribution in [0.2, 0.25) is 0 Å². The van der Waals surface area contributed by atoms with E-state index in [1.54, 1.807) is 13.4 Å². The van der Waals surface area contributed by atoms with Gasteiger partial charge in [-0.25, -0.2) is 4.39 Å². The molecule has 3 nitrogen and oxygen atoms in total. The minimum atomic E-state index is -0.276. The maximum atomic E-state index is 13.9. The van der Waals surface area contributed by atoms with Gasteiger partial charge in [0.05, 0.1) is 19.1 Å². The second kappa shape index (κ2) is 6.71. The van der Waals surface area contributed by atoms with E-state index >= 15 is 0 Å². The monoisotopic (exact) mass is 259 g/mol. The van der Waals surface area contributed by atoms with Gasteiger partial charge in [-0.3, -0.25) is 0 Å². The Hall–Kier alpha value is -0.940. The van der Waals surface area contributed by atoms with Crippen LogP contribution in [0.25, 0.3) is 0 Å². The van der Waals surface area contributed by atoms with E-state index in [0.717, 1.165) is 12.0 Å². The number of nitrogens with two attached hydrogens (primary N) is 1. The second-order valence-corrected chi connectivity index (χ2v) is 4.33. The highest BCUT2D eigenvalue weighted by Crippen LogP contribution is 2.41. The Kier molecular flexibility index (Phi) is 5.58. The fraction of sp³-hybridized carbons (Fsp3) is 0.500. The molecule has 0 unspecified atom stereocenters. The van der Waals surface area contributed by atoms with Gasteiger partial charge >= 0.3 is 0 Å². The van der Waals surface area contributed by atoms with Crippen LogP contribution in [0.4, 0.5) is 4.39 Å². The Labute approximate surface area is 105 Å². The lowest BCUT2D eigenvalue weighted by Crippen LogP contribution is -2.04. The predicted molar refractivity (Wildman–Crippen MR) is 68.7 cm³/mol. The Morgan fingerprint density at radius 1 is 1.29 bits per heavy atom. The van der Waals surface area contributed by atoms with Crippen molar-refractivity contribution in [1.29, 1.82) is 0 Å². The van der Waals surface area contributed by atoms with Crippen molar-refractivity contribution in [2.75, 3.05) is 27.0 Å². The molecule has 1 aromatic carbocycles. The van der Waals surface area contributed by atoms with Crippen LogP contribution in [-0.2, 0) is 6.42 Å². The average Bonchev–Trinajstić information content (AvgIpc) is 2.35. The van der Waals surface area contributed by atoms with Gasteiger partial charge in [0, 0.05) is 5.56 Å². The van der Waals surface area contributed by atoms with E-state index in [0.29, 0.717) is 29.4 Å². The molecule has 0 amide bonds. The number of thioether (sulfide) groups is 1. The zero-order valence-electron chi connectivity index (χ0n) is 10.4. The van der Waals surface area contributed by atoms with Crippen LogP contribution in [-0.4, -0.2) is 27.0 Å². The number of methoxy groups -OCH3 is 2. The van der Waals surface area contributed by atoms with Crippen LogP contribution in [0.1, 0.15) is 12.0 Å². The molecule has 0 spiro atoms. The molecular formula is C12H18FNO2S. The maximum Gasteiger partial charge on any atom is 0.177 e. The molecule has 2 N–H and O–H groups in total. The summed E-state index contributed by atoms with van der Waals surface area (Å²) in [6.07, 6.45) is 3.28. The van der Waals surface area contributed by atoms with E-state index in [1.165, 1.54) is 24.9 Å². The summed E-state index contributed by atoms with van der Waals surface area (Å²) < 4.78 is 24.4. The molecule has 0 saturated heterocycles. The summed E-state index contributed by atoms with van der Waals surface area (Å²) in [5.41, 5.74) is 6.26. The van der Waals surface area contributed by atoms with E-state index in [-0.39, 0.29) is 5.82 Å². The topological polar surface area (TPSA) is 44.5 Å². The summed E-state index contributed by atoms with van der Waals surface area (Å²) in [6, 6.07) is 1.50. The van der Waals surface area contributed by atoms with Gasteiger partial charge < -0.3 is 15.2 Å². The molecule has 1 aromatic rings. The zero-order valence-corrected chi connectivity index (χ0v) is 11.2. The van der Waals surface area contributed by atoms with Crippen molar-refractivity contribution in [2.24, 2.45) is 5.73 Å². The fourth-order valence-electron chi connectivity index (χ4n) is 1.72. The van der Waals surface area contributed by atoms with Crippen molar-refractivity contribution in [3.63, 3.8) is 0 Å². The number of benzene rings is 1. The number of rotatable bonds is 6. The highest BCUT2D eigenvalue weighted by atomic mass is 32.2. The maximum absolute atomic E-state index is 13.9. The van der Waals surface area contributed by atoms with E-state index < -0.39 is 0 Å². The van der Waals surface area contributed by atoms with Gasteiger partial charge in [-0.05, 0) is 31.7 Å². The molecule has 0 aliphatic carbocycles. The van der Waals surface area contributed by atoms with Crippen LogP contribution in [0.5, 0.6) is 11.5 Å². The number of halogens is 1. The summed E-state index contributed by atoms with van der Waals surface area (Å²) in [4.78, 5) is 0.473. The Morgan fingerprint density at radius 3 is 2.41 bits per heavy atom. The third kappa shape index (κ3) is 3.04. The van der Waals surface area contributed by atoms with Crippen molar-refractivity contribution in [2.45, 2.75) is 17.7 Å². The van der Waals surface area contributed by atoms with Crippen LogP contribution >= 0.6 is 11.8 Å². The van der Waals surface area contributed by atoms with Crippen LogP contribution < -0.4 is 15.2 Å². The van der Waals surface area contributed by atoms with Gasteiger partial charge in [0.25, 0.3) is 0 Å². The van der Waals surface area contributed by atoms with Gasteiger partial charge in [0.1, 0.15) is 5.82 Å². The smallest absolute Gasteiger partial charge is 0.177 e. The lowest BCUT2D eigenvalue weighted by atomic mass is 10.1. The lowest BCUT2D eigenvalue weighted by molar-refractivity contribution is 0.339. The van der Waals surface area contributed by atoms with E-state index in [9.17, 15) is 4.39 Å². The number of aryl methyl sites for hydroxylation is 1. The first kappa shape index (κ1) is 14.1. The van der Waals surface area contributed by atoms with Crippen molar-refractivity contribution < 1.29 is 13.9 Å². The molecule has 96 valence electrons. The molecule has 0 radical (unpaired) electrons. The molecule has 1 rings (SSSR count). The Bertz CT molecular complexity index is 385. The minimum absolute atomic E-state index is 0.276. The number of ether oxygens (including phenoxy) is 2. The van der Waals surface area contributed by atoms with Crippen LogP contribution in [0.15, 0.2) is 11.0 Å². The number of hydrogen-bond donors (Lipinski definition) is 1. The highest BCUT2D eigenvalue weighted by molar-refractivity contribution is 7.98. The first-order valence-electron chi connectivity index (χ1n) is 5.37. The molecule has 0 saturated carbocycles.